The fourth-order valence-corrected chi connectivity index (χ4v) is 4.54. The molecule has 0 unspecified atom stereocenters. The standard InChI is InChI=1S/C26H30N6O2/c1-4-34-24-12-8-18-13-21(19-7-11-23(27)31(14-19)16-28-2)26(33)32(25(18)29-24)20-9-10-22(17-5-6-17)30(3)15-20/h7-14,17,27-28H,4-6,15-16H2,1-3H3. The maximum atomic E-state index is 14.0. The number of hydrogen-bond donors (Lipinski definition) is 2. The van der Waals surface area contributed by atoms with Crippen molar-refractivity contribution in [1.82, 2.24) is 24.3 Å². The van der Waals surface area contributed by atoms with Crippen molar-refractivity contribution in [3.63, 3.8) is 0 Å². The first kappa shape index (κ1) is 22.2. The monoisotopic (exact) mass is 458 g/mol. The highest BCUT2D eigenvalue weighted by Crippen LogP contribution is 2.39. The second kappa shape index (κ2) is 8.95. The number of aromatic nitrogens is 3. The fourth-order valence-electron chi connectivity index (χ4n) is 4.54. The molecule has 0 radical (unpaired) electrons. The number of nitrogens with one attached hydrogen (secondary N) is 2. The van der Waals surface area contributed by atoms with Crippen LogP contribution in [-0.2, 0) is 6.67 Å². The molecule has 0 atom stereocenters. The van der Waals surface area contributed by atoms with Crippen molar-refractivity contribution in [2.75, 3.05) is 27.2 Å². The summed E-state index contributed by atoms with van der Waals surface area (Å²) in [6, 6.07) is 9.22. The Bertz CT molecular complexity index is 1430. The van der Waals surface area contributed by atoms with Crippen LogP contribution in [0.1, 0.15) is 19.8 Å². The van der Waals surface area contributed by atoms with E-state index in [0.717, 1.165) is 16.6 Å². The van der Waals surface area contributed by atoms with E-state index in [9.17, 15) is 4.79 Å². The Hall–Kier alpha value is -3.65. The summed E-state index contributed by atoms with van der Waals surface area (Å²) in [6.45, 7) is 3.54. The molecular formula is C26H30N6O2. The molecule has 1 saturated carbocycles. The zero-order chi connectivity index (χ0) is 23.8. The van der Waals surface area contributed by atoms with Crippen molar-refractivity contribution in [3.05, 3.63) is 70.2 Å². The van der Waals surface area contributed by atoms with Gasteiger partial charge in [-0.15, -0.1) is 0 Å². The van der Waals surface area contributed by atoms with Crippen molar-refractivity contribution in [3.8, 4) is 17.0 Å². The number of hydrogen-bond acceptors (Lipinski definition) is 6. The number of likely N-dealkylation sites (N-methyl/N-ethyl adjacent to an activating group) is 1. The largest absolute Gasteiger partial charge is 0.478 e. The van der Waals surface area contributed by atoms with E-state index in [1.165, 1.54) is 18.5 Å². The van der Waals surface area contributed by atoms with Gasteiger partial charge in [0, 0.05) is 47.2 Å². The molecule has 8 heteroatoms. The first-order valence-corrected chi connectivity index (χ1v) is 11.7. The highest BCUT2D eigenvalue weighted by Gasteiger charge is 2.30. The molecule has 0 amide bonds. The first-order valence-electron chi connectivity index (χ1n) is 11.7. The quantitative estimate of drug-likeness (QED) is 0.568. The Balaban J connectivity index is 1.73. The lowest BCUT2D eigenvalue weighted by molar-refractivity contribution is 0.328. The average molecular weight is 459 g/mol. The molecule has 0 aromatic carbocycles. The maximum Gasteiger partial charge on any atom is 0.264 e. The van der Waals surface area contributed by atoms with Gasteiger partial charge in [0.1, 0.15) is 5.49 Å². The Morgan fingerprint density at radius 2 is 2.03 bits per heavy atom. The third kappa shape index (κ3) is 4.05. The van der Waals surface area contributed by atoms with E-state index < -0.39 is 0 Å². The van der Waals surface area contributed by atoms with Crippen LogP contribution in [0.25, 0.3) is 27.9 Å². The van der Waals surface area contributed by atoms with E-state index >= 15 is 0 Å². The van der Waals surface area contributed by atoms with Crippen LogP contribution in [0.3, 0.4) is 0 Å². The van der Waals surface area contributed by atoms with Crippen molar-refractivity contribution < 1.29 is 4.74 Å². The zero-order valence-corrected chi connectivity index (χ0v) is 19.8. The van der Waals surface area contributed by atoms with Gasteiger partial charge in [0.2, 0.25) is 5.88 Å². The molecule has 1 fully saturated rings. The zero-order valence-electron chi connectivity index (χ0n) is 19.8. The highest BCUT2D eigenvalue weighted by molar-refractivity contribution is 5.84. The predicted molar refractivity (Wildman–Crippen MR) is 133 cm³/mol. The van der Waals surface area contributed by atoms with Gasteiger partial charge in [-0.2, -0.15) is 4.98 Å². The Morgan fingerprint density at radius 1 is 1.21 bits per heavy atom. The molecule has 176 valence electrons. The van der Waals surface area contributed by atoms with Crippen LogP contribution < -0.4 is 21.1 Å². The summed E-state index contributed by atoms with van der Waals surface area (Å²) in [5.74, 6) is 1.14. The van der Waals surface area contributed by atoms with Gasteiger partial charge in [0.05, 0.1) is 19.8 Å². The van der Waals surface area contributed by atoms with Gasteiger partial charge in [0.25, 0.3) is 5.56 Å². The summed E-state index contributed by atoms with van der Waals surface area (Å²) in [6.07, 6.45) is 8.51. The van der Waals surface area contributed by atoms with Gasteiger partial charge in [-0.25, -0.2) is 0 Å². The summed E-state index contributed by atoms with van der Waals surface area (Å²) in [7, 11) is 3.92. The number of rotatable bonds is 7. The molecule has 0 bridgehead atoms. The van der Waals surface area contributed by atoms with Crippen molar-refractivity contribution in [2.24, 2.45) is 5.92 Å². The van der Waals surface area contributed by atoms with E-state index in [2.05, 4.69) is 29.4 Å². The summed E-state index contributed by atoms with van der Waals surface area (Å²) >= 11 is 0. The van der Waals surface area contributed by atoms with Crippen LogP contribution >= 0.6 is 0 Å². The SMILES string of the molecule is CCOc1ccc2cc(-c3ccc(=N)n(CNC)c3)c(=O)n(C3=CC=C(C4CC4)N(C)C3)c2n1. The van der Waals surface area contributed by atoms with Gasteiger partial charge in [-0.1, -0.05) is 0 Å². The number of allylic oxidation sites excluding steroid dienone is 3. The lowest BCUT2D eigenvalue weighted by Gasteiger charge is -2.28. The van der Waals surface area contributed by atoms with E-state index in [1.807, 2.05) is 44.4 Å². The Kier molecular flexibility index (Phi) is 5.83. The van der Waals surface area contributed by atoms with Gasteiger partial charge in [-0.05, 0) is 69.1 Å². The molecular weight excluding hydrogens is 428 g/mol. The third-order valence-electron chi connectivity index (χ3n) is 6.35. The van der Waals surface area contributed by atoms with Gasteiger partial charge >= 0.3 is 0 Å². The average Bonchev–Trinajstić information content (AvgIpc) is 3.66. The van der Waals surface area contributed by atoms with Crippen LogP contribution in [0, 0.1) is 11.3 Å². The molecule has 1 aliphatic heterocycles. The summed E-state index contributed by atoms with van der Waals surface area (Å²) < 4.78 is 9.14. The number of fused-ring (bicyclic) bond motifs is 1. The predicted octanol–water partition coefficient (Wildman–Crippen LogP) is 3.00. The lowest BCUT2D eigenvalue weighted by atomic mass is 10.1. The summed E-state index contributed by atoms with van der Waals surface area (Å²) in [5.41, 5.74) is 4.37. The van der Waals surface area contributed by atoms with Crippen LogP contribution in [0.4, 0.5) is 0 Å². The molecule has 5 rings (SSSR count). The maximum absolute atomic E-state index is 14.0. The molecule has 8 nitrogen and oxygen atoms in total. The Morgan fingerprint density at radius 3 is 2.74 bits per heavy atom. The molecule has 0 saturated heterocycles. The highest BCUT2D eigenvalue weighted by atomic mass is 16.5. The van der Waals surface area contributed by atoms with Crippen LogP contribution in [0.2, 0.25) is 0 Å². The smallest absolute Gasteiger partial charge is 0.264 e. The second-order valence-corrected chi connectivity index (χ2v) is 8.86. The van der Waals surface area contributed by atoms with Crippen LogP contribution in [-0.4, -0.2) is 46.3 Å². The molecule has 34 heavy (non-hydrogen) atoms. The number of pyridine rings is 3. The van der Waals surface area contributed by atoms with E-state index in [-0.39, 0.29) is 5.56 Å². The van der Waals surface area contributed by atoms with E-state index in [4.69, 9.17) is 15.1 Å². The van der Waals surface area contributed by atoms with Crippen LogP contribution in [0.5, 0.6) is 5.88 Å². The fraction of sp³-hybridized carbons (Fsp3) is 0.346. The lowest BCUT2D eigenvalue weighted by Crippen LogP contribution is -2.31. The second-order valence-electron chi connectivity index (χ2n) is 8.86. The number of ether oxygens (including phenoxy) is 1. The molecule has 3 aromatic rings. The summed E-state index contributed by atoms with van der Waals surface area (Å²) in [4.78, 5) is 20.9. The third-order valence-corrected chi connectivity index (χ3v) is 6.35. The van der Waals surface area contributed by atoms with E-state index in [1.54, 1.807) is 15.2 Å². The summed E-state index contributed by atoms with van der Waals surface area (Å²) in [5, 5.41) is 12.1. The van der Waals surface area contributed by atoms with Gasteiger partial charge in [0.15, 0.2) is 5.65 Å². The van der Waals surface area contributed by atoms with Crippen LogP contribution in [0.15, 0.2) is 59.2 Å². The van der Waals surface area contributed by atoms with Crippen molar-refractivity contribution in [1.29, 1.82) is 5.41 Å². The molecule has 1 aliphatic carbocycles. The van der Waals surface area contributed by atoms with Crippen molar-refractivity contribution in [2.45, 2.75) is 26.4 Å². The first-order chi connectivity index (χ1) is 16.5. The molecule has 2 N–H and O–H groups in total. The van der Waals surface area contributed by atoms with E-state index in [0.29, 0.717) is 48.3 Å². The van der Waals surface area contributed by atoms with Gasteiger partial charge < -0.3 is 19.5 Å². The topological polar surface area (TPSA) is 88.2 Å². The minimum atomic E-state index is -0.134. The molecule has 2 aliphatic rings. The van der Waals surface area contributed by atoms with Crippen molar-refractivity contribution >= 4 is 16.7 Å². The number of nitrogens with zero attached hydrogens (tertiary/aromatic N) is 4. The normalized spacial score (nSPS) is 15.9. The minimum absolute atomic E-state index is 0.134. The Labute approximate surface area is 198 Å². The molecule has 3 aromatic heterocycles. The van der Waals surface area contributed by atoms with Gasteiger partial charge in [-0.3, -0.25) is 14.8 Å². The molecule has 0 spiro atoms. The minimum Gasteiger partial charge on any atom is -0.478 e. The molecule has 4 heterocycles.